The minimum atomic E-state index is -1.00. The molecule has 5 heteroatoms. The van der Waals surface area contributed by atoms with Gasteiger partial charge in [-0.05, 0) is 42.5 Å². The van der Waals surface area contributed by atoms with Gasteiger partial charge < -0.3 is 15.2 Å². The Balaban J connectivity index is 1.81. The maximum Gasteiger partial charge on any atom is 0.341 e. The molecule has 1 atom stereocenters. The molecule has 1 aromatic carbocycles. The first-order valence-corrected chi connectivity index (χ1v) is 7.38. The molecule has 0 unspecified atom stereocenters. The number of benzene rings is 1. The van der Waals surface area contributed by atoms with E-state index in [4.69, 9.17) is 9.84 Å². The molecule has 22 heavy (non-hydrogen) atoms. The Hall–Kier alpha value is -2.56. The summed E-state index contributed by atoms with van der Waals surface area (Å²) in [5.41, 5.74) is 2.64. The van der Waals surface area contributed by atoms with Crippen LogP contribution < -0.4 is 10.1 Å². The van der Waals surface area contributed by atoms with E-state index >= 15 is 0 Å². The molecular weight excluding hydrogens is 280 g/mol. The van der Waals surface area contributed by atoms with E-state index in [1.165, 1.54) is 11.1 Å². The topological polar surface area (TPSA) is 71.5 Å². The number of ether oxygens (including phenoxy) is 1. The van der Waals surface area contributed by atoms with Crippen molar-refractivity contribution in [2.45, 2.75) is 25.3 Å². The highest BCUT2D eigenvalue weighted by molar-refractivity contribution is 5.69. The zero-order chi connectivity index (χ0) is 15.4. The number of nitrogens with zero attached hydrogens (tertiary/aromatic N) is 1. The first-order valence-electron chi connectivity index (χ1n) is 7.38. The zero-order valence-electron chi connectivity index (χ0n) is 12.2. The van der Waals surface area contributed by atoms with Gasteiger partial charge in [-0.1, -0.05) is 24.3 Å². The lowest BCUT2D eigenvalue weighted by molar-refractivity contribution is -0.139. The van der Waals surface area contributed by atoms with Crippen molar-refractivity contribution in [1.29, 1.82) is 0 Å². The van der Waals surface area contributed by atoms with Crippen LogP contribution in [0.1, 0.15) is 30.0 Å². The number of aromatic nitrogens is 1. The molecule has 1 heterocycles. The molecule has 1 aromatic heterocycles. The first kappa shape index (κ1) is 14.4. The van der Waals surface area contributed by atoms with Crippen molar-refractivity contribution >= 4 is 11.8 Å². The lowest BCUT2D eigenvalue weighted by atomic mass is 9.88. The lowest BCUT2D eigenvalue weighted by Gasteiger charge is -2.27. The number of hydrogen-bond donors (Lipinski definition) is 2. The van der Waals surface area contributed by atoms with Crippen molar-refractivity contribution in [3.8, 4) is 5.75 Å². The van der Waals surface area contributed by atoms with Gasteiger partial charge in [0, 0.05) is 6.20 Å². The molecule has 3 rings (SSSR count). The van der Waals surface area contributed by atoms with Gasteiger partial charge in [-0.15, -0.1) is 0 Å². The van der Waals surface area contributed by atoms with Gasteiger partial charge in [-0.25, -0.2) is 9.78 Å². The summed E-state index contributed by atoms with van der Waals surface area (Å²) in [6.45, 7) is -0.373. The quantitative estimate of drug-likeness (QED) is 0.887. The van der Waals surface area contributed by atoms with Crippen LogP contribution in [0.4, 0.5) is 5.82 Å². The van der Waals surface area contributed by atoms with Crippen molar-refractivity contribution in [3.63, 3.8) is 0 Å². The van der Waals surface area contributed by atoms with Gasteiger partial charge in [0.05, 0.1) is 6.04 Å². The predicted octanol–water partition coefficient (Wildman–Crippen LogP) is 3.03. The Morgan fingerprint density at radius 1 is 1.32 bits per heavy atom. The van der Waals surface area contributed by atoms with Gasteiger partial charge in [0.2, 0.25) is 0 Å². The third-order valence-corrected chi connectivity index (χ3v) is 3.80. The number of aliphatic carboxylic acids is 1. The molecule has 1 aliphatic carbocycles. The minimum absolute atomic E-state index is 0.173. The summed E-state index contributed by atoms with van der Waals surface area (Å²) in [7, 11) is 0. The Kier molecular flexibility index (Phi) is 4.23. The third kappa shape index (κ3) is 3.19. The Labute approximate surface area is 129 Å². The molecule has 0 bridgehead atoms. The van der Waals surface area contributed by atoms with E-state index in [1.807, 2.05) is 6.07 Å². The fourth-order valence-corrected chi connectivity index (χ4v) is 2.82. The van der Waals surface area contributed by atoms with E-state index in [0.29, 0.717) is 11.6 Å². The lowest BCUT2D eigenvalue weighted by Crippen LogP contribution is -2.19. The van der Waals surface area contributed by atoms with Gasteiger partial charge in [0.25, 0.3) is 0 Å². The van der Waals surface area contributed by atoms with Crippen molar-refractivity contribution in [2.24, 2.45) is 0 Å². The van der Waals surface area contributed by atoms with E-state index < -0.39 is 5.97 Å². The van der Waals surface area contributed by atoms with Gasteiger partial charge in [0.15, 0.2) is 18.2 Å². The number of carboxylic acids is 1. The molecule has 114 valence electrons. The molecule has 1 aliphatic rings. The van der Waals surface area contributed by atoms with Crippen LogP contribution in [-0.2, 0) is 11.2 Å². The Morgan fingerprint density at radius 3 is 3.05 bits per heavy atom. The van der Waals surface area contributed by atoms with Gasteiger partial charge in [-0.3, -0.25) is 0 Å². The molecule has 0 amide bonds. The zero-order valence-corrected chi connectivity index (χ0v) is 12.2. The summed E-state index contributed by atoms with van der Waals surface area (Å²) in [5.74, 6) is 0.0521. The molecular formula is C17H18N2O3. The van der Waals surface area contributed by atoms with Crippen LogP contribution in [0, 0.1) is 0 Å². The number of anilines is 1. The van der Waals surface area contributed by atoms with E-state index in [1.54, 1.807) is 18.3 Å². The summed E-state index contributed by atoms with van der Waals surface area (Å²) in [6, 6.07) is 12.0. The number of hydrogen-bond acceptors (Lipinski definition) is 4. The third-order valence-electron chi connectivity index (χ3n) is 3.80. The SMILES string of the molecule is O=C(O)COc1cccnc1N[C@H]1CCCc2ccccc21. The number of fused-ring (bicyclic) bond motifs is 1. The number of rotatable bonds is 5. The highest BCUT2D eigenvalue weighted by atomic mass is 16.5. The molecule has 0 saturated heterocycles. The van der Waals surface area contributed by atoms with Crippen LogP contribution in [-0.4, -0.2) is 22.7 Å². The summed E-state index contributed by atoms with van der Waals surface area (Å²) < 4.78 is 5.30. The number of pyridine rings is 1. The number of carboxylic acid groups (broad SMARTS) is 1. The predicted molar refractivity (Wildman–Crippen MR) is 83.1 cm³/mol. The molecule has 0 aliphatic heterocycles. The second-order valence-corrected chi connectivity index (χ2v) is 5.32. The van der Waals surface area contributed by atoms with E-state index in [-0.39, 0.29) is 12.6 Å². The summed E-state index contributed by atoms with van der Waals surface area (Å²) in [6.07, 6.45) is 4.91. The second-order valence-electron chi connectivity index (χ2n) is 5.32. The molecule has 0 radical (unpaired) electrons. The molecule has 2 N–H and O–H groups in total. The average molecular weight is 298 g/mol. The van der Waals surface area contributed by atoms with Crippen LogP contribution in [0.25, 0.3) is 0 Å². The number of aryl methyl sites for hydroxylation is 1. The average Bonchev–Trinajstić information content (AvgIpc) is 2.54. The van der Waals surface area contributed by atoms with Gasteiger partial charge >= 0.3 is 5.97 Å². The van der Waals surface area contributed by atoms with Crippen molar-refractivity contribution < 1.29 is 14.6 Å². The standard InChI is InChI=1S/C17H18N2O3/c20-16(21)11-22-15-9-4-10-18-17(15)19-14-8-3-6-12-5-1-2-7-13(12)14/h1-2,4-5,7,9-10,14H,3,6,8,11H2,(H,18,19)(H,20,21)/t14-/m0/s1. The normalized spacial score (nSPS) is 16.6. The van der Waals surface area contributed by atoms with E-state index in [0.717, 1.165) is 19.3 Å². The molecule has 0 fully saturated rings. The summed E-state index contributed by atoms with van der Waals surface area (Å²) >= 11 is 0. The van der Waals surface area contributed by atoms with Crippen LogP contribution in [0.15, 0.2) is 42.6 Å². The maximum absolute atomic E-state index is 10.7. The van der Waals surface area contributed by atoms with Crippen LogP contribution in [0.2, 0.25) is 0 Å². The highest BCUT2D eigenvalue weighted by Crippen LogP contribution is 2.34. The van der Waals surface area contributed by atoms with Crippen LogP contribution in [0.3, 0.4) is 0 Å². The van der Waals surface area contributed by atoms with Crippen molar-refractivity contribution in [3.05, 3.63) is 53.7 Å². The minimum Gasteiger partial charge on any atom is -0.479 e. The first-order chi connectivity index (χ1) is 10.7. The Morgan fingerprint density at radius 2 is 2.18 bits per heavy atom. The fourth-order valence-electron chi connectivity index (χ4n) is 2.82. The monoisotopic (exact) mass is 298 g/mol. The fraction of sp³-hybridized carbons (Fsp3) is 0.294. The van der Waals surface area contributed by atoms with Crippen LogP contribution in [0.5, 0.6) is 5.75 Å². The van der Waals surface area contributed by atoms with E-state index in [2.05, 4.69) is 28.5 Å². The molecule has 0 spiro atoms. The smallest absolute Gasteiger partial charge is 0.341 e. The maximum atomic E-state index is 10.7. The van der Waals surface area contributed by atoms with Gasteiger partial charge in [-0.2, -0.15) is 0 Å². The summed E-state index contributed by atoms with van der Waals surface area (Å²) in [4.78, 5) is 15.0. The summed E-state index contributed by atoms with van der Waals surface area (Å²) in [5, 5.41) is 12.2. The van der Waals surface area contributed by atoms with Crippen LogP contribution >= 0.6 is 0 Å². The van der Waals surface area contributed by atoms with Crippen molar-refractivity contribution in [1.82, 2.24) is 4.98 Å². The number of nitrogens with one attached hydrogen (secondary N) is 1. The van der Waals surface area contributed by atoms with E-state index in [9.17, 15) is 4.79 Å². The second kappa shape index (κ2) is 6.47. The molecule has 2 aromatic rings. The van der Waals surface area contributed by atoms with Crippen molar-refractivity contribution in [2.75, 3.05) is 11.9 Å². The largest absolute Gasteiger partial charge is 0.479 e. The molecule has 0 saturated carbocycles. The highest BCUT2D eigenvalue weighted by Gasteiger charge is 2.21. The number of carbonyl (C=O) groups is 1. The Bertz CT molecular complexity index is 672. The molecule has 5 nitrogen and oxygen atoms in total. The van der Waals surface area contributed by atoms with Gasteiger partial charge in [0.1, 0.15) is 0 Å².